The first kappa shape index (κ1) is 12.5. The molecule has 15 heavy (non-hydrogen) atoms. The summed E-state index contributed by atoms with van der Waals surface area (Å²) in [5.74, 6) is -0.366. The van der Waals surface area contributed by atoms with E-state index in [1.54, 1.807) is 0 Å². The molecule has 0 saturated heterocycles. The number of alkyl halides is 1. The van der Waals surface area contributed by atoms with Crippen LogP contribution in [0, 0.1) is 5.82 Å². The van der Waals surface area contributed by atoms with Crippen molar-refractivity contribution in [2.75, 3.05) is 6.26 Å². The molecule has 2 nitrogen and oxygen atoms in total. The summed E-state index contributed by atoms with van der Waals surface area (Å²) >= 11 is 5.99. The minimum Gasteiger partial charge on any atom is -0.229 e. The van der Waals surface area contributed by atoms with Gasteiger partial charge in [-0.05, 0) is 24.6 Å². The molecule has 0 aliphatic heterocycles. The lowest BCUT2D eigenvalue weighted by Gasteiger charge is -2.16. The van der Waals surface area contributed by atoms with Gasteiger partial charge < -0.3 is 0 Å². The van der Waals surface area contributed by atoms with E-state index < -0.39 is 20.5 Å². The topological polar surface area (TPSA) is 34.1 Å². The lowest BCUT2D eigenvalue weighted by Crippen LogP contribution is -2.21. The molecule has 1 rings (SSSR count). The quantitative estimate of drug-likeness (QED) is 0.773. The average molecular weight is 251 g/mol. The maximum absolute atomic E-state index is 12.6. The van der Waals surface area contributed by atoms with Crippen LogP contribution in [0.1, 0.15) is 17.9 Å². The second-order valence-electron chi connectivity index (χ2n) is 3.49. The minimum atomic E-state index is -3.19. The first-order valence-corrected chi connectivity index (χ1v) is 6.80. The maximum atomic E-state index is 12.6. The zero-order valence-corrected chi connectivity index (χ0v) is 10.0. The normalized spacial score (nSPS) is 16.0. The first-order valence-electron chi connectivity index (χ1n) is 4.41. The SMILES string of the molecule is CC(C(Cl)c1ccc(F)cc1)S(C)(=O)=O. The van der Waals surface area contributed by atoms with Gasteiger partial charge in [0.25, 0.3) is 0 Å². The summed E-state index contributed by atoms with van der Waals surface area (Å²) in [5.41, 5.74) is 0.607. The minimum absolute atomic E-state index is 0.366. The van der Waals surface area contributed by atoms with Gasteiger partial charge in [0.2, 0.25) is 0 Å². The van der Waals surface area contributed by atoms with Crippen LogP contribution in [0.5, 0.6) is 0 Å². The summed E-state index contributed by atoms with van der Waals surface area (Å²) in [6, 6.07) is 5.52. The number of rotatable bonds is 3. The summed E-state index contributed by atoms with van der Waals surface area (Å²) in [5, 5.41) is -1.34. The van der Waals surface area contributed by atoms with E-state index in [4.69, 9.17) is 11.6 Å². The second-order valence-corrected chi connectivity index (χ2v) is 6.36. The van der Waals surface area contributed by atoms with E-state index in [0.29, 0.717) is 5.56 Å². The number of sulfone groups is 1. The molecule has 1 aromatic rings. The van der Waals surface area contributed by atoms with Crippen LogP contribution in [-0.4, -0.2) is 19.9 Å². The molecular formula is C10H12ClFO2S. The smallest absolute Gasteiger partial charge is 0.151 e. The number of benzene rings is 1. The van der Waals surface area contributed by atoms with Gasteiger partial charge in [0.15, 0.2) is 9.84 Å². The van der Waals surface area contributed by atoms with Crippen molar-refractivity contribution in [3.8, 4) is 0 Å². The molecule has 0 bridgehead atoms. The Morgan fingerprint density at radius 2 is 1.73 bits per heavy atom. The molecule has 0 aliphatic carbocycles. The van der Waals surface area contributed by atoms with E-state index in [0.717, 1.165) is 6.26 Å². The van der Waals surface area contributed by atoms with E-state index in [1.807, 2.05) is 0 Å². The van der Waals surface area contributed by atoms with Crippen molar-refractivity contribution < 1.29 is 12.8 Å². The number of halogens is 2. The summed E-state index contributed by atoms with van der Waals surface area (Å²) in [7, 11) is -3.19. The van der Waals surface area contributed by atoms with Gasteiger partial charge in [-0.25, -0.2) is 12.8 Å². The zero-order valence-electron chi connectivity index (χ0n) is 8.44. The predicted octanol–water partition coefficient (Wildman–Crippen LogP) is 2.54. The van der Waals surface area contributed by atoms with Crippen molar-refractivity contribution in [3.63, 3.8) is 0 Å². The molecule has 0 aliphatic rings. The Morgan fingerprint density at radius 3 is 2.13 bits per heavy atom. The highest BCUT2D eigenvalue weighted by atomic mass is 35.5. The molecular weight excluding hydrogens is 239 g/mol. The van der Waals surface area contributed by atoms with Gasteiger partial charge in [-0.3, -0.25) is 0 Å². The summed E-state index contributed by atoms with van der Waals surface area (Å²) in [6.45, 7) is 1.54. The van der Waals surface area contributed by atoms with Gasteiger partial charge in [0, 0.05) is 6.26 Å². The van der Waals surface area contributed by atoms with Crippen LogP contribution in [0.2, 0.25) is 0 Å². The van der Waals surface area contributed by atoms with Crippen LogP contribution < -0.4 is 0 Å². The molecule has 0 N–H and O–H groups in total. The van der Waals surface area contributed by atoms with Gasteiger partial charge in [0.1, 0.15) is 5.82 Å². The van der Waals surface area contributed by atoms with Gasteiger partial charge >= 0.3 is 0 Å². The largest absolute Gasteiger partial charge is 0.229 e. The third-order valence-corrected chi connectivity index (χ3v) is 4.68. The summed E-state index contributed by atoms with van der Waals surface area (Å²) in [4.78, 5) is 0. The molecule has 0 fully saturated rings. The Morgan fingerprint density at radius 1 is 1.27 bits per heavy atom. The summed E-state index contributed by atoms with van der Waals surface area (Å²) in [6.07, 6.45) is 1.14. The fourth-order valence-corrected chi connectivity index (χ4v) is 2.43. The molecule has 1 aromatic carbocycles. The van der Waals surface area contributed by atoms with Gasteiger partial charge in [-0.1, -0.05) is 12.1 Å². The van der Waals surface area contributed by atoms with Crippen LogP contribution in [0.3, 0.4) is 0 Å². The Bertz CT molecular complexity index is 427. The average Bonchev–Trinajstić information content (AvgIpc) is 2.15. The van der Waals surface area contributed by atoms with Crippen LogP contribution >= 0.6 is 11.6 Å². The maximum Gasteiger partial charge on any atom is 0.151 e. The van der Waals surface area contributed by atoms with Crippen LogP contribution in [0.4, 0.5) is 4.39 Å². The van der Waals surface area contributed by atoms with Crippen LogP contribution in [0.25, 0.3) is 0 Å². The third kappa shape index (κ3) is 3.18. The Balaban J connectivity index is 2.95. The molecule has 0 spiro atoms. The van der Waals surface area contributed by atoms with Crippen molar-refractivity contribution >= 4 is 21.4 Å². The van der Waals surface area contributed by atoms with Gasteiger partial charge in [0.05, 0.1) is 10.6 Å². The molecule has 2 atom stereocenters. The molecule has 0 saturated carbocycles. The van der Waals surface area contributed by atoms with Crippen molar-refractivity contribution in [2.45, 2.75) is 17.6 Å². The number of hydrogen-bond donors (Lipinski definition) is 0. The predicted molar refractivity (Wildman–Crippen MR) is 59.3 cm³/mol. The van der Waals surface area contributed by atoms with Gasteiger partial charge in [-0.2, -0.15) is 0 Å². The fourth-order valence-electron chi connectivity index (χ4n) is 1.13. The number of hydrogen-bond acceptors (Lipinski definition) is 2. The Labute approximate surface area is 94.0 Å². The molecule has 5 heteroatoms. The monoisotopic (exact) mass is 250 g/mol. The van der Waals surface area contributed by atoms with Crippen molar-refractivity contribution in [1.82, 2.24) is 0 Å². The molecule has 2 unspecified atom stereocenters. The Kier molecular flexibility index (Phi) is 3.73. The van der Waals surface area contributed by atoms with E-state index in [-0.39, 0.29) is 5.82 Å². The molecule has 0 heterocycles. The fraction of sp³-hybridized carbons (Fsp3) is 0.400. The van der Waals surface area contributed by atoms with Crippen LogP contribution in [-0.2, 0) is 9.84 Å². The first-order chi connectivity index (χ1) is 6.82. The molecule has 84 valence electrons. The van der Waals surface area contributed by atoms with Crippen molar-refractivity contribution in [1.29, 1.82) is 0 Å². The highest BCUT2D eigenvalue weighted by Gasteiger charge is 2.25. The van der Waals surface area contributed by atoms with Gasteiger partial charge in [-0.15, -0.1) is 11.6 Å². The lowest BCUT2D eigenvalue weighted by atomic mass is 10.1. The van der Waals surface area contributed by atoms with Crippen molar-refractivity contribution in [3.05, 3.63) is 35.6 Å². The third-order valence-electron chi connectivity index (χ3n) is 2.28. The Hall–Kier alpha value is -0.610. The standard InChI is InChI=1S/C10H12ClFO2S/c1-7(15(2,13)14)10(11)8-3-5-9(12)6-4-8/h3-7,10H,1-2H3. The second kappa shape index (κ2) is 4.49. The van der Waals surface area contributed by atoms with Crippen molar-refractivity contribution in [2.24, 2.45) is 0 Å². The highest BCUT2D eigenvalue weighted by Crippen LogP contribution is 2.28. The zero-order chi connectivity index (χ0) is 11.6. The van der Waals surface area contributed by atoms with E-state index in [2.05, 4.69) is 0 Å². The van der Waals surface area contributed by atoms with E-state index >= 15 is 0 Å². The molecule has 0 amide bonds. The molecule has 0 aromatic heterocycles. The van der Waals surface area contributed by atoms with E-state index in [9.17, 15) is 12.8 Å². The molecule has 0 radical (unpaired) electrons. The summed E-state index contributed by atoms with van der Waals surface area (Å²) < 4.78 is 35.1. The lowest BCUT2D eigenvalue weighted by molar-refractivity contribution is 0.587. The van der Waals surface area contributed by atoms with Crippen LogP contribution in [0.15, 0.2) is 24.3 Å². The van der Waals surface area contributed by atoms with E-state index in [1.165, 1.54) is 31.2 Å². The highest BCUT2D eigenvalue weighted by molar-refractivity contribution is 7.91.